The maximum Gasteiger partial charge on any atom is 0.255 e. The van der Waals surface area contributed by atoms with Gasteiger partial charge < -0.3 is 5.32 Å². The van der Waals surface area contributed by atoms with Gasteiger partial charge in [-0.05, 0) is 59.8 Å². The second kappa shape index (κ2) is 9.46. The molecule has 1 heterocycles. The van der Waals surface area contributed by atoms with Gasteiger partial charge in [0.15, 0.2) is 0 Å². The van der Waals surface area contributed by atoms with Crippen molar-refractivity contribution >= 4 is 35.1 Å². The Morgan fingerprint density at radius 3 is 2.38 bits per heavy atom. The molecule has 0 spiro atoms. The van der Waals surface area contributed by atoms with Crippen LogP contribution in [0.25, 0.3) is 0 Å². The zero-order valence-electron chi connectivity index (χ0n) is 14.5. The lowest BCUT2D eigenvalue weighted by atomic mass is 10.1. The number of aromatic nitrogens is 1. The SMILES string of the molecule is CSCc1ccc(C(=O)Nc2ccc(SCc3cccnc3)cc2)cc1. The molecule has 3 nitrogen and oxygen atoms in total. The molecule has 1 N–H and O–H groups in total. The normalized spacial score (nSPS) is 10.5. The van der Waals surface area contributed by atoms with Gasteiger partial charge in [0.1, 0.15) is 0 Å². The number of thioether (sulfide) groups is 2. The Labute approximate surface area is 162 Å². The summed E-state index contributed by atoms with van der Waals surface area (Å²) >= 11 is 3.52. The number of hydrogen-bond donors (Lipinski definition) is 1. The van der Waals surface area contributed by atoms with Crippen LogP contribution in [-0.2, 0) is 11.5 Å². The van der Waals surface area contributed by atoms with E-state index in [2.05, 4.69) is 22.6 Å². The van der Waals surface area contributed by atoms with Crippen molar-refractivity contribution in [3.05, 3.63) is 89.7 Å². The summed E-state index contributed by atoms with van der Waals surface area (Å²) in [6.07, 6.45) is 5.73. The predicted molar refractivity (Wildman–Crippen MR) is 112 cm³/mol. The number of nitrogens with one attached hydrogen (secondary N) is 1. The summed E-state index contributed by atoms with van der Waals surface area (Å²) in [6.45, 7) is 0. The highest BCUT2D eigenvalue weighted by atomic mass is 32.2. The van der Waals surface area contributed by atoms with Gasteiger partial charge in [0, 0.05) is 40.0 Å². The molecule has 0 unspecified atom stereocenters. The first kappa shape index (κ1) is 18.5. The second-order valence-electron chi connectivity index (χ2n) is 5.76. The Balaban J connectivity index is 1.55. The summed E-state index contributed by atoms with van der Waals surface area (Å²) in [6, 6.07) is 19.7. The summed E-state index contributed by atoms with van der Waals surface area (Å²) in [5.41, 5.74) is 3.89. The van der Waals surface area contributed by atoms with Crippen molar-refractivity contribution in [2.45, 2.75) is 16.4 Å². The number of benzene rings is 2. The molecular weight excluding hydrogens is 360 g/mol. The molecule has 3 aromatic rings. The van der Waals surface area contributed by atoms with Crippen LogP contribution in [0.15, 0.2) is 78.0 Å². The van der Waals surface area contributed by atoms with Crippen LogP contribution in [-0.4, -0.2) is 17.1 Å². The van der Waals surface area contributed by atoms with Gasteiger partial charge in [-0.25, -0.2) is 0 Å². The van der Waals surface area contributed by atoms with Crippen molar-refractivity contribution in [2.24, 2.45) is 0 Å². The number of pyridine rings is 1. The minimum Gasteiger partial charge on any atom is -0.322 e. The van der Waals surface area contributed by atoms with Gasteiger partial charge in [-0.15, -0.1) is 11.8 Å². The van der Waals surface area contributed by atoms with Gasteiger partial charge in [-0.1, -0.05) is 18.2 Å². The number of hydrogen-bond acceptors (Lipinski definition) is 4. The molecular formula is C21H20N2OS2. The van der Waals surface area contributed by atoms with Gasteiger partial charge in [-0.2, -0.15) is 11.8 Å². The fraction of sp³-hybridized carbons (Fsp3) is 0.143. The summed E-state index contributed by atoms with van der Waals surface area (Å²) in [4.78, 5) is 17.6. The zero-order valence-corrected chi connectivity index (χ0v) is 16.1. The Hall–Kier alpha value is -2.24. The number of carbonyl (C=O) groups is 1. The number of nitrogens with zero attached hydrogens (tertiary/aromatic N) is 1. The molecule has 1 aromatic heterocycles. The highest BCUT2D eigenvalue weighted by Gasteiger charge is 2.06. The van der Waals surface area contributed by atoms with E-state index in [1.807, 2.05) is 60.8 Å². The Morgan fingerprint density at radius 2 is 1.73 bits per heavy atom. The summed E-state index contributed by atoms with van der Waals surface area (Å²) < 4.78 is 0. The van der Waals surface area contributed by atoms with Crippen LogP contribution in [0.5, 0.6) is 0 Å². The zero-order chi connectivity index (χ0) is 18.2. The molecule has 26 heavy (non-hydrogen) atoms. The minimum atomic E-state index is -0.0866. The predicted octanol–water partition coefficient (Wildman–Crippen LogP) is 5.49. The number of amides is 1. The molecule has 0 aliphatic carbocycles. The third-order valence-electron chi connectivity index (χ3n) is 3.77. The molecule has 0 fully saturated rings. The number of rotatable bonds is 7. The molecule has 3 rings (SSSR count). The van der Waals surface area contributed by atoms with Crippen LogP contribution < -0.4 is 5.32 Å². The Kier molecular flexibility index (Phi) is 6.75. The van der Waals surface area contributed by atoms with Gasteiger partial charge in [-0.3, -0.25) is 9.78 Å². The van der Waals surface area contributed by atoms with Crippen LogP contribution in [0.1, 0.15) is 21.5 Å². The van der Waals surface area contributed by atoms with E-state index >= 15 is 0 Å². The molecule has 0 saturated heterocycles. The first-order valence-corrected chi connectivity index (χ1v) is 10.6. The van der Waals surface area contributed by atoms with Crippen LogP contribution in [0.4, 0.5) is 5.69 Å². The highest BCUT2D eigenvalue weighted by Crippen LogP contribution is 2.24. The second-order valence-corrected chi connectivity index (χ2v) is 7.67. The van der Waals surface area contributed by atoms with Crippen LogP contribution in [0.3, 0.4) is 0 Å². The lowest BCUT2D eigenvalue weighted by Gasteiger charge is -2.07. The molecule has 0 saturated carbocycles. The van der Waals surface area contributed by atoms with Gasteiger partial charge >= 0.3 is 0 Å². The molecule has 0 radical (unpaired) electrons. The fourth-order valence-corrected chi connectivity index (χ4v) is 3.77. The van der Waals surface area contributed by atoms with E-state index in [0.717, 1.165) is 22.1 Å². The largest absolute Gasteiger partial charge is 0.322 e. The van der Waals surface area contributed by atoms with Crippen molar-refractivity contribution in [1.29, 1.82) is 0 Å². The van der Waals surface area contributed by atoms with E-state index < -0.39 is 0 Å². The topological polar surface area (TPSA) is 42.0 Å². The molecule has 0 aliphatic rings. The summed E-state index contributed by atoms with van der Waals surface area (Å²) in [5, 5.41) is 2.95. The Bertz CT molecular complexity index is 834. The van der Waals surface area contributed by atoms with Crippen molar-refractivity contribution < 1.29 is 4.79 Å². The average molecular weight is 381 g/mol. The van der Waals surface area contributed by atoms with Gasteiger partial charge in [0.25, 0.3) is 5.91 Å². The summed E-state index contributed by atoms with van der Waals surface area (Å²) in [7, 11) is 0. The quantitative estimate of drug-likeness (QED) is 0.550. The molecule has 2 aromatic carbocycles. The van der Waals surface area contributed by atoms with Crippen molar-refractivity contribution in [1.82, 2.24) is 4.98 Å². The van der Waals surface area contributed by atoms with Crippen molar-refractivity contribution in [3.63, 3.8) is 0 Å². The smallest absolute Gasteiger partial charge is 0.255 e. The van der Waals surface area contributed by atoms with E-state index in [1.165, 1.54) is 11.1 Å². The highest BCUT2D eigenvalue weighted by molar-refractivity contribution is 7.98. The third-order valence-corrected chi connectivity index (χ3v) is 5.47. The van der Waals surface area contributed by atoms with Gasteiger partial charge in [0.05, 0.1) is 0 Å². The average Bonchev–Trinajstić information content (AvgIpc) is 2.69. The molecule has 5 heteroatoms. The minimum absolute atomic E-state index is 0.0866. The van der Waals surface area contributed by atoms with E-state index in [-0.39, 0.29) is 5.91 Å². The molecule has 132 valence electrons. The van der Waals surface area contributed by atoms with Crippen LogP contribution in [0, 0.1) is 0 Å². The van der Waals surface area contributed by atoms with Crippen LogP contribution >= 0.6 is 23.5 Å². The van der Waals surface area contributed by atoms with E-state index in [9.17, 15) is 4.79 Å². The maximum atomic E-state index is 12.4. The lowest BCUT2D eigenvalue weighted by Crippen LogP contribution is -2.11. The molecule has 0 aliphatic heterocycles. The summed E-state index contributed by atoms with van der Waals surface area (Å²) in [5.74, 6) is 1.75. The standard InChI is InChI=1S/C21H20N2OS2/c1-25-14-16-4-6-18(7-5-16)21(24)23-19-8-10-20(11-9-19)26-15-17-3-2-12-22-13-17/h2-13H,14-15H2,1H3,(H,23,24). The van der Waals surface area contributed by atoms with E-state index in [1.54, 1.807) is 29.7 Å². The first-order chi connectivity index (χ1) is 12.7. The molecule has 1 amide bonds. The van der Waals surface area contributed by atoms with E-state index in [4.69, 9.17) is 0 Å². The molecule has 0 bridgehead atoms. The molecule has 0 atom stereocenters. The monoisotopic (exact) mass is 380 g/mol. The van der Waals surface area contributed by atoms with Crippen molar-refractivity contribution in [3.8, 4) is 0 Å². The van der Waals surface area contributed by atoms with Crippen LogP contribution in [0.2, 0.25) is 0 Å². The first-order valence-electron chi connectivity index (χ1n) is 8.25. The number of carbonyl (C=O) groups excluding carboxylic acids is 1. The third kappa shape index (κ3) is 5.38. The fourth-order valence-electron chi connectivity index (χ4n) is 2.41. The lowest BCUT2D eigenvalue weighted by molar-refractivity contribution is 0.102. The maximum absolute atomic E-state index is 12.4. The Morgan fingerprint density at radius 1 is 0.962 bits per heavy atom. The van der Waals surface area contributed by atoms with Crippen molar-refractivity contribution in [2.75, 3.05) is 11.6 Å². The van der Waals surface area contributed by atoms with Gasteiger partial charge in [0.2, 0.25) is 0 Å². The number of anilines is 1. The van der Waals surface area contributed by atoms with E-state index in [0.29, 0.717) is 5.56 Å².